The van der Waals surface area contributed by atoms with E-state index in [1.807, 2.05) is 11.3 Å². The minimum Gasteiger partial charge on any atom is -0.335 e. The third-order valence-corrected chi connectivity index (χ3v) is 19.0. The zero-order valence-electron chi connectivity index (χ0n) is 41.8. The lowest BCUT2D eigenvalue weighted by molar-refractivity contribution is 0.194. The molecule has 0 N–H and O–H groups in total. The van der Waals surface area contributed by atoms with Crippen LogP contribution in [-0.4, -0.2) is 22.4 Å². The number of hydrogen-bond acceptors (Lipinski definition) is 3. The van der Waals surface area contributed by atoms with Gasteiger partial charge in [-0.3, -0.25) is 0 Å². The summed E-state index contributed by atoms with van der Waals surface area (Å²) >= 11 is 1.92. The second-order valence-electron chi connectivity index (χ2n) is 22.9. The van der Waals surface area contributed by atoms with Crippen molar-refractivity contribution in [3.63, 3.8) is 0 Å². The quantitative estimate of drug-likeness (QED) is 0.153. The van der Waals surface area contributed by atoms with E-state index in [1.54, 1.807) is 0 Å². The van der Waals surface area contributed by atoms with E-state index in [0.717, 1.165) is 49.8 Å². The Morgan fingerprint density at radius 1 is 0.623 bits per heavy atom. The fraction of sp³-hybridized carbons (Fsp3) is 0.429. The van der Waals surface area contributed by atoms with Gasteiger partial charge in [0.1, 0.15) is 0 Å². The summed E-state index contributed by atoms with van der Waals surface area (Å²) in [6.45, 7) is 24.1. The highest BCUT2D eigenvalue weighted by Gasteiger charge is 2.62. The fourth-order valence-electron chi connectivity index (χ4n) is 14.1. The highest BCUT2D eigenvalue weighted by Crippen LogP contribution is 2.64. The molecule has 2 aromatic heterocycles. The molecule has 0 amide bonds. The van der Waals surface area contributed by atoms with Gasteiger partial charge in [-0.2, -0.15) is 0 Å². The number of benzene rings is 5. The molecule has 3 nitrogen and oxygen atoms in total. The molecular formula is C56H60BN3S. The van der Waals surface area contributed by atoms with Gasteiger partial charge < -0.3 is 14.4 Å². The third kappa shape index (κ3) is 4.25. The molecular weight excluding hydrogens is 758 g/mol. The van der Waals surface area contributed by atoms with Crippen molar-refractivity contribution in [1.29, 1.82) is 0 Å². The Hall–Kier alpha value is -4.48. The van der Waals surface area contributed by atoms with Crippen molar-refractivity contribution >= 4 is 88.4 Å². The van der Waals surface area contributed by atoms with E-state index in [2.05, 4.69) is 144 Å². The first-order valence-electron chi connectivity index (χ1n) is 25.2. The number of aromatic nitrogens is 1. The molecule has 6 heterocycles. The summed E-state index contributed by atoms with van der Waals surface area (Å²) in [7, 11) is 0. The summed E-state index contributed by atoms with van der Waals surface area (Å²) in [5, 5.41) is 2.60. The highest BCUT2D eigenvalue weighted by atomic mass is 32.1. The number of nitrogens with zero attached hydrogens (tertiary/aromatic N) is 3. The Morgan fingerprint density at radius 2 is 1.25 bits per heavy atom. The van der Waals surface area contributed by atoms with Gasteiger partial charge in [0.25, 0.3) is 6.71 Å². The maximum Gasteiger partial charge on any atom is 0.252 e. The van der Waals surface area contributed by atoms with Crippen molar-refractivity contribution in [2.75, 3.05) is 9.80 Å². The number of hydrogen-bond donors (Lipinski definition) is 0. The van der Waals surface area contributed by atoms with Gasteiger partial charge in [0.05, 0.1) is 32.3 Å². The summed E-state index contributed by atoms with van der Waals surface area (Å²) in [5.41, 5.74) is 16.1. The standard InChI is InChI=1S/C56H60BN3S/c1-51(2,3)33-27-37-47-40(29-33)57-41-30-34(52(4,5)6)28-39-49(41)60(56(10)26-18-16-24-54(39,56)8)44-32-35(59-42-21-13-12-20-38(42)53(7)23-15-17-25-55(53,59)9)31-43(46(44)57)58(47)48-36-19-11-14-22-45(36)61-50(37)48/h11-14,19-22,27-32H,15-18,23-26H2,1-10H3/i12D,13D,20D,21D. The van der Waals surface area contributed by atoms with Crippen LogP contribution in [0.1, 0.15) is 148 Å². The Kier molecular flexibility index (Phi) is 6.17. The van der Waals surface area contributed by atoms with Gasteiger partial charge in [0.2, 0.25) is 0 Å². The van der Waals surface area contributed by atoms with Gasteiger partial charge in [0.15, 0.2) is 0 Å². The van der Waals surface area contributed by atoms with Gasteiger partial charge in [-0.15, -0.1) is 11.3 Å². The smallest absolute Gasteiger partial charge is 0.252 e. The predicted molar refractivity (Wildman–Crippen MR) is 264 cm³/mol. The summed E-state index contributed by atoms with van der Waals surface area (Å²) in [6.07, 6.45) is 8.52. The highest BCUT2D eigenvalue weighted by molar-refractivity contribution is 7.26. The van der Waals surface area contributed by atoms with Crippen LogP contribution in [-0.2, 0) is 21.7 Å². The first kappa shape index (κ1) is 33.1. The molecule has 0 bridgehead atoms. The molecule has 2 saturated carbocycles. The van der Waals surface area contributed by atoms with Gasteiger partial charge in [-0.25, -0.2) is 0 Å². The number of anilines is 4. The van der Waals surface area contributed by atoms with Crippen LogP contribution >= 0.6 is 11.3 Å². The molecule has 4 atom stereocenters. The molecule has 0 saturated heterocycles. The normalized spacial score (nSPS) is 28.1. The number of para-hydroxylation sites is 1. The Bertz CT molecular complexity index is 3350. The Labute approximate surface area is 372 Å². The third-order valence-electron chi connectivity index (χ3n) is 17.9. The van der Waals surface area contributed by atoms with Crippen LogP contribution in [0.4, 0.5) is 22.7 Å². The van der Waals surface area contributed by atoms with E-state index in [1.165, 1.54) is 94.2 Å². The molecule has 5 heteroatoms. The largest absolute Gasteiger partial charge is 0.335 e. The Morgan fingerprint density at radius 3 is 1.98 bits per heavy atom. The van der Waals surface area contributed by atoms with Crippen LogP contribution in [0, 0.1) is 0 Å². The minimum atomic E-state index is -0.474. The van der Waals surface area contributed by atoms with Crippen LogP contribution in [0.5, 0.6) is 0 Å². The molecule has 7 aromatic rings. The van der Waals surface area contributed by atoms with E-state index in [9.17, 15) is 2.74 Å². The average molecular weight is 822 g/mol. The zero-order chi connectivity index (χ0) is 45.4. The molecule has 308 valence electrons. The van der Waals surface area contributed by atoms with Gasteiger partial charge in [-0.05, 0) is 119 Å². The molecule has 4 unspecified atom stereocenters. The van der Waals surface area contributed by atoms with E-state index < -0.39 is 11.0 Å². The average Bonchev–Trinajstić information content (AvgIpc) is 3.92. The lowest BCUT2D eigenvalue weighted by Gasteiger charge is -2.53. The topological polar surface area (TPSA) is 11.4 Å². The summed E-state index contributed by atoms with van der Waals surface area (Å²) in [6, 6.07) is 24.2. The van der Waals surface area contributed by atoms with Gasteiger partial charge in [0, 0.05) is 54.7 Å². The maximum atomic E-state index is 9.74. The second kappa shape index (κ2) is 11.4. The van der Waals surface area contributed by atoms with Crippen LogP contribution in [0.3, 0.4) is 0 Å². The van der Waals surface area contributed by atoms with Crippen molar-refractivity contribution in [2.24, 2.45) is 0 Å². The number of fused-ring (bicyclic) bond motifs is 15. The van der Waals surface area contributed by atoms with Crippen molar-refractivity contribution in [2.45, 2.75) is 153 Å². The maximum absolute atomic E-state index is 9.74. The molecule has 0 radical (unpaired) electrons. The summed E-state index contributed by atoms with van der Waals surface area (Å²) < 4.78 is 42.7. The molecule has 5 aromatic carbocycles. The van der Waals surface area contributed by atoms with E-state index >= 15 is 0 Å². The van der Waals surface area contributed by atoms with Crippen molar-refractivity contribution in [3.8, 4) is 5.69 Å². The Balaban J connectivity index is 1.24. The molecule has 13 rings (SSSR count). The molecule has 2 aliphatic carbocycles. The van der Waals surface area contributed by atoms with Crippen LogP contribution < -0.4 is 26.2 Å². The first-order valence-corrected chi connectivity index (χ1v) is 24.1. The van der Waals surface area contributed by atoms with Crippen molar-refractivity contribution < 1.29 is 5.48 Å². The van der Waals surface area contributed by atoms with E-state index in [0.29, 0.717) is 5.69 Å². The number of thiophene rings is 1. The summed E-state index contributed by atoms with van der Waals surface area (Å²) in [5.74, 6) is 0. The van der Waals surface area contributed by atoms with Gasteiger partial charge >= 0.3 is 0 Å². The second-order valence-corrected chi connectivity index (χ2v) is 23.9. The SMILES string of the molecule is [2H]c1c([2H])c([2H])c2c(c1[2H])N(c1cc3c4c(c1)-n1c5c(cc(C(C)(C)C)cc5c5sc6ccccc6c51)B4c1cc(C(C)(C)C)cc4c1N3C1(C)CCCCC41C)C1(C)CCCCC21C. The molecule has 61 heavy (non-hydrogen) atoms. The molecule has 0 spiro atoms. The lowest BCUT2D eigenvalue weighted by atomic mass is 9.33. The van der Waals surface area contributed by atoms with Crippen LogP contribution in [0.15, 0.2) is 84.8 Å². The van der Waals surface area contributed by atoms with Crippen molar-refractivity contribution in [3.05, 3.63) is 107 Å². The van der Waals surface area contributed by atoms with Crippen LogP contribution in [0.25, 0.3) is 36.9 Å². The van der Waals surface area contributed by atoms with E-state index in [4.69, 9.17) is 2.74 Å². The minimum absolute atomic E-state index is 0.0000291. The van der Waals surface area contributed by atoms with Crippen LogP contribution in [0.2, 0.25) is 0 Å². The zero-order valence-corrected chi connectivity index (χ0v) is 38.6. The van der Waals surface area contributed by atoms with Gasteiger partial charge in [-0.1, -0.05) is 136 Å². The summed E-state index contributed by atoms with van der Waals surface area (Å²) in [4.78, 5) is 5.27. The predicted octanol–water partition coefficient (Wildman–Crippen LogP) is 13.2. The molecule has 4 aliphatic heterocycles. The fourth-order valence-corrected chi connectivity index (χ4v) is 15.3. The molecule has 2 fully saturated rings. The van der Waals surface area contributed by atoms with E-state index in [-0.39, 0.29) is 52.7 Å². The van der Waals surface area contributed by atoms with Crippen molar-refractivity contribution in [1.82, 2.24) is 4.57 Å². The first-order chi connectivity index (χ1) is 30.7. The lowest BCUT2D eigenvalue weighted by Crippen LogP contribution is -2.64. The number of rotatable bonds is 1. The monoisotopic (exact) mass is 821 g/mol. The molecule has 6 aliphatic rings.